The van der Waals surface area contributed by atoms with Crippen molar-refractivity contribution < 1.29 is 19.1 Å². The first-order chi connectivity index (χ1) is 23.3. The number of nitrogens with zero attached hydrogens (tertiary/aromatic N) is 1. The fraction of sp³-hybridized carbons (Fsp3) is 0.237. The Bertz CT molecular complexity index is 2050. The number of fused-ring (bicyclic) bond motifs is 4. The molecule has 1 atom stereocenters. The van der Waals surface area contributed by atoms with E-state index in [1.54, 1.807) is 41.8 Å². The van der Waals surface area contributed by atoms with Crippen LogP contribution in [0.5, 0.6) is 0 Å². The van der Waals surface area contributed by atoms with E-state index >= 15 is 0 Å². The summed E-state index contributed by atoms with van der Waals surface area (Å²) in [7, 11) is 0. The van der Waals surface area contributed by atoms with Gasteiger partial charge in [0.05, 0.1) is 16.8 Å². The summed E-state index contributed by atoms with van der Waals surface area (Å²) in [5, 5.41) is 5.27. The van der Waals surface area contributed by atoms with Crippen LogP contribution in [-0.4, -0.2) is 48.3 Å². The van der Waals surface area contributed by atoms with Crippen molar-refractivity contribution in [2.24, 2.45) is 5.41 Å². The number of carbonyl (C=O) groups excluding carboxylic acids is 2. The van der Waals surface area contributed by atoms with Crippen LogP contribution in [0.25, 0.3) is 41.5 Å². The van der Waals surface area contributed by atoms with Gasteiger partial charge in [0.25, 0.3) is 0 Å². The summed E-state index contributed by atoms with van der Waals surface area (Å²) in [4.78, 5) is 30.3. The fourth-order valence-electron chi connectivity index (χ4n) is 5.21. The Balaban J connectivity index is 1.18. The average Bonchev–Trinajstić information content (AvgIpc) is 3.71. The molecule has 0 fully saturated rings. The number of rotatable bonds is 14. The molecule has 0 saturated heterocycles. The zero-order valence-corrected chi connectivity index (χ0v) is 30.1. The number of ether oxygens (including phenoxy) is 2. The van der Waals surface area contributed by atoms with Gasteiger partial charge in [0.15, 0.2) is 4.34 Å². The number of hydrogen-bond acceptors (Lipinski definition) is 9. The highest BCUT2D eigenvalue weighted by Gasteiger charge is 2.31. The molecule has 6 aromatic rings. The van der Waals surface area contributed by atoms with Crippen molar-refractivity contribution in [3.63, 3.8) is 0 Å². The van der Waals surface area contributed by atoms with Crippen molar-refractivity contribution in [1.29, 1.82) is 0 Å². The van der Waals surface area contributed by atoms with E-state index < -0.39 is 12.1 Å². The number of nitrogens with one attached hydrogen (secondary N) is 1. The summed E-state index contributed by atoms with van der Waals surface area (Å²) in [6.45, 7) is 7.76. The van der Waals surface area contributed by atoms with Gasteiger partial charge in [0.1, 0.15) is 13.2 Å². The summed E-state index contributed by atoms with van der Waals surface area (Å²) >= 11 is 7.02. The monoisotopic (exact) mass is 712 g/mol. The lowest BCUT2D eigenvalue weighted by molar-refractivity contribution is -0.138. The fourth-order valence-corrected chi connectivity index (χ4v) is 10.2. The molecule has 0 saturated carbocycles. The van der Waals surface area contributed by atoms with Gasteiger partial charge in [-0.15, -0.1) is 34.4 Å². The molecule has 0 aliphatic carbocycles. The standard InChI is InChI=1S/C38H36N2O4S4/c1-4-38(22-44-36(42)39-19-20-43-35(41)25(2)3,24-46-37-40-31-16-6-8-18-33(31)48-37)23-45-27-12-9-11-26(21-27)28-14-10-15-30-29-13-5-7-17-32(29)47-34(28)30/h5-18,21H,2,4,19-20,22-24H2,1,3H3,(H,39,42). The molecule has 0 aliphatic heterocycles. The van der Waals surface area contributed by atoms with E-state index in [9.17, 15) is 9.59 Å². The lowest BCUT2D eigenvalue weighted by Crippen LogP contribution is -2.36. The number of alkyl carbamates (subject to hydrolysis) is 1. The third-order valence-electron chi connectivity index (χ3n) is 8.08. The molecular formula is C38H36N2O4S4. The van der Waals surface area contributed by atoms with E-state index in [4.69, 9.17) is 14.5 Å². The van der Waals surface area contributed by atoms with E-state index in [1.807, 2.05) is 29.5 Å². The number of thiazole rings is 1. The zero-order valence-electron chi connectivity index (χ0n) is 26.8. The molecule has 48 heavy (non-hydrogen) atoms. The number of benzene rings is 4. The molecule has 1 amide bonds. The van der Waals surface area contributed by atoms with Gasteiger partial charge in [0, 0.05) is 47.6 Å². The van der Waals surface area contributed by atoms with Crippen LogP contribution >= 0.6 is 46.2 Å². The normalized spacial score (nSPS) is 12.6. The van der Waals surface area contributed by atoms with Crippen LogP contribution in [0, 0.1) is 5.41 Å². The number of esters is 1. The number of thioether (sulfide) groups is 2. The number of aromatic nitrogens is 1. The second kappa shape index (κ2) is 15.6. The maximum atomic E-state index is 12.7. The van der Waals surface area contributed by atoms with E-state index in [1.165, 1.54) is 31.3 Å². The van der Waals surface area contributed by atoms with Crippen LogP contribution in [0.3, 0.4) is 0 Å². The van der Waals surface area contributed by atoms with Gasteiger partial charge in [-0.05, 0) is 54.8 Å². The smallest absolute Gasteiger partial charge is 0.407 e. The SMILES string of the molecule is C=C(C)C(=O)OCCNC(=O)OCC(CC)(CSc1cccc(-c2cccc3c2sc2ccccc23)c1)CSc1nc2ccccc2s1. The van der Waals surface area contributed by atoms with E-state index in [2.05, 4.69) is 91.6 Å². The highest BCUT2D eigenvalue weighted by molar-refractivity contribution is 8.01. The summed E-state index contributed by atoms with van der Waals surface area (Å²) in [5.41, 5.74) is 3.41. The van der Waals surface area contributed by atoms with Crippen molar-refractivity contribution in [3.8, 4) is 11.1 Å². The van der Waals surface area contributed by atoms with Crippen molar-refractivity contribution in [2.45, 2.75) is 29.5 Å². The second-order valence-corrected chi connectivity index (χ2v) is 16.0. The van der Waals surface area contributed by atoms with Crippen molar-refractivity contribution in [1.82, 2.24) is 10.3 Å². The molecule has 0 bridgehead atoms. The Morgan fingerprint density at radius 2 is 1.62 bits per heavy atom. The number of carbonyl (C=O) groups is 2. The van der Waals surface area contributed by atoms with E-state index in [0.29, 0.717) is 5.57 Å². The Kier molecular flexibility index (Phi) is 11.1. The van der Waals surface area contributed by atoms with Gasteiger partial charge in [-0.25, -0.2) is 14.6 Å². The Labute approximate surface area is 296 Å². The molecule has 0 spiro atoms. The molecule has 10 heteroatoms. The first-order valence-electron chi connectivity index (χ1n) is 15.7. The Morgan fingerprint density at radius 1 is 0.875 bits per heavy atom. The molecule has 1 N–H and O–H groups in total. The summed E-state index contributed by atoms with van der Waals surface area (Å²) in [6.07, 6.45) is 0.273. The molecule has 0 radical (unpaired) electrons. The summed E-state index contributed by atoms with van der Waals surface area (Å²) in [5.74, 6) is 1.01. The van der Waals surface area contributed by atoms with Crippen LogP contribution in [0.2, 0.25) is 0 Å². The molecule has 2 heterocycles. The van der Waals surface area contributed by atoms with Crippen molar-refractivity contribution >= 4 is 88.6 Å². The van der Waals surface area contributed by atoms with Crippen LogP contribution in [0.15, 0.2) is 112 Å². The van der Waals surface area contributed by atoms with E-state index in [0.717, 1.165) is 37.4 Å². The van der Waals surface area contributed by atoms with Crippen molar-refractivity contribution in [2.75, 3.05) is 31.3 Å². The molecule has 2 aromatic heterocycles. The Morgan fingerprint density at radius 3 is 2.44 bits per heavy atom. The topological polar surface area (TPSA) is 77.5 Å². The van der Waals surface area contributed by atoms with Crippen LogP contribution in [0.4, 0.5) is 4.79 Å². The average molecular weight is 713 g/mol. The van der Waals surface area contributed by atoms with Crippen LogP contribution < -0.4 is 5.32 Å². The predicted molar refractivity (Wildman–Crippen MR) is 204 cm³/mol. The molecule has 0 aliphatic rings. The number of hydrogen-bond donors (Lipinski definition) is 1. The predicted octanol–water partition coefficient (Wildman–Crippen LogP) is 10.5. The third-order valence-corrected chi connectivity index (χ3v) is 13.2. The first-order valence-corrected chi connectivity index (χ1v) is 19.3. The molecule has 246 valence electrons. The van der Waals surface area contributed by atoms with Gasteiger partial charge >= 0.3 is 12.1 Å². The first kappa shape index (κ1) is 34.0. The van der Waals surface area contributed by atoms with Gasteiger partial charge < -0.3 is 14.8 Å². The molecular weight excluding hydrogens is 677 g/mol. The largest absolute Gasteiger partial charge is 0.460 e. The maximum Gasteiger partial charge on any atom is 0.407 e. The number of para-hydroxylation sites is 1. The Hall–Kier alpha value is -3.83. The minimum Gasteiger partial charge on any atom is -0.460 e. The summed E-state index contributed by atoms with van der Waals surface area (Å²) < 4.78 is 15.6. The van der Waals surface area contributed by atoms with Gasteiger partial charge in [-0.1, -0.05) is 85.9 Å². The van der Waals surface area contributed by atoms with Gasteiger partial charge in [-0.2, -0.15) is 0 Å². The zero-order chi connectivity index (χ0) is 33.5. The molecule has 6 nitrogen and oxygen atoms in total. The third kappa shape index (κ3) is 8.06. The highest BCUT2D eigenvalue weighted by atomic mass is 32.2. The van der Waals surface area contributed by atoms with Gasteiger partial charge in [-0.3, -0.25) is 0 Å². The number of thiophene rings is 1. The van der Waals surface area contributed by atoms with Crippen molar-refractivity contribution in [3.05, 3.63) is 103 Å². The quantitative estimate of drug-likeness (QED) is 0.0521. The molecule has 1 unspecified atom stereocenters. The highest BCUT2D eigenvalue weighted by Crippen LogP contribution is 2.42. The minimum absolute atomic E-state index is 0.0502. The van der Waals surface area contributed by atoms with Gasteiger partial charge in [0.2, 0.25) is 0 Å². The number of amides is 1. The lowest BCUT2D eigenvalue weighted by Gasteiger charge is -2.31. The van der Waals surface area contributed by atoms with Crippen LogP contribution in [-0.2, 0) is 14.3 Å². The van der Waals surface area contributed by atoms with E-state index in [-0.39, 0.29) is 25.2 Å². The molecule has 4 aromatic carbocycles. The maximum absolute atomic E-state index is 12.7. The molecule has 6 rings (SSSR count). The minimum atomic E-state index is -0.535. The summed E-state index contributed by atoms with van der Waals surface area (Å²) in [6, 6.07) is 32.0. The lowest BCUT2D eigenvalue weighted by atomic mass is 9.91. The van der Waals surface area contributed by atoms with Crippen LogP contribution in [0.1, 0.15) is 20.3 Å². The second-order valence-electron chi connectivity index (χ2n) is 11.6.